The average Bonchev–Trinajstić information content (AvgIpc) is 2.51. The van der Waals surface area contributed by atoms with E-state index in [9.17, 15) is 0 Å². The number of hydrogen-bond acceptors (Lipinski definition) is 5. The Morgan fingerprint density at radius 2 is 2.19 bits per heavy atom. The van der Waals surface area contributed by atoms with Gasteiger partial charge in [0.2, 0.25) is 5.88 Å². The van der Waals surface area contributed by atoms with Gasteiger partial charge in [-0.05, 0) is 24.6 Å². The zero-order chi connectivity index (χ0) is 15.1. The van der Waals surface area contributed by atoms with Gasteiger partial charge in [-0.15, -0.1) is 0 Å². The van der Waals surface area contributed by atoms with Crippen LogP contribution in [0.4, 0.5) is 5.82 Å². The quantitative estimate of drug-likeness (QED) is 0.851. The van der Waals surface area contributed by atoms with Crippen molar-refractivity contribution in [2.24, 2.45) is 0 Å². The van der Waals surface area contributed by atoms with Crippen molar-refractivity contribution in [2.75, 3.05) is 19.0 Å². The highest BCUT2D eigenvalue weighted by atomic mass is 35.5. The van der Waals surface area contributed by atoms with E-state index >= 15 is 0 Å². The third kappa shape index (κ3) is 5.21. The van der Waals surface area contributed by atoms with Gasteiger partial charge in [0.25, 0.3) is 0 Å². The Hall–Kier alpha value is -1.85. The minimum Gasteiger partial charge on any atom is -0.472 e. The van der Waals surface area contributed by atoms with Crippen LogP contribution in [0.3, 0.4) is 0 Å². The molecule has 0 aliphatic rings. The van der Waals surface area contributed by atoms with E-state index in [0.29, 0.717) is 29.9 Å². The first-order valence-electron chi connectivity index (χ1n) is 6.63. The lowest BCUT2D eigenvalue weighted by Crippen LogP contribution is -2.18. The lowest BCUT2D eigenvalue weighted by Gasteiger charge is -2.12. The second-order valence-corrected chi connectivity index (χ2v) is 5.02. The standard InChI is InChI=1S/C15H18ClN3O2/c1-11(20-2)7-18-14-8-17-9-15(19-14)21-10-12-4-3-5-13(16)6-12/h3-6,8-9,11H,7,10H2,1-2H3,(H,18,19). The second-order valence-electron chi connectivity index (χ2n) is 4.59. The summed E-state index contributed by atoms with van der Waals surface area (Å²) < 4.78 is 10.8. The summed E-state index contributed by atoms with van der Waals surface area (Å²) in [4.78, 5) is 8.43. The number of ether oxygens (including phenoxy) is 2. The van der Waals surface area contributed by atoms with E-state index in [1.165, 1.54) is 0 Å². The number of aromatic nitrogens is 2. The largest absolute Gasteiger partial charge is 0.472 e. The Morgan fingerprint density at radius 1 is 1.33 bits per heavy atom. The van der Waals surface area contributed by atoms with Crippen molar-refractivity contribution in [2.45, 2.75) is 19.6 Å². The molecule has 5 nitrogen and oxygen atoms in total. The van der Waals surface area contributed by atoms with Gasteiger partial charge in [0.05, 0.1) is 18.5 Å². The molecule has 1 N–H and O–H groups in total. The molecule has 112 valence electrons. The normalized spacial score (nSPS) is 12.0. The summed E-state index contributed by atoms with van der Waals surface area (Å²) in [6, 6.07) is 7.52. The fraction of sp³-hybridized carbons (Fsp3) is 0.333. The van der Waals surface area contributed by atoms with Crippen molar-refractivity contribution in [1.82, 2.24) is 9.97 Å². The lowest BCUT2D eigenvalue weighted by atomic mass is 10.2. The van der Waals surface area contributed by atoms with Crippen LogP contribution < -0.4 is 10.1 Å². The van der Waals surface area contributed by atoms with Crippen molar-refractivity contribution >= 4 is 17.4 Å². The van der Waals surface area contributed by atoms with Crippen LogP contribution in [0.15, 0.2) is 36.7 Å². The molecule has 2 aromatic rings. The molecule has 0 radical (unpaired) electrons. The van der Waals surface area contributed by atoms with E-state index < -0.39 is 0 Å². The molecule has 21 heavy (non-hydrogen) atoms. The number of rotatable bonds is 7. The minimum absolute atomic E-state index is 0.0998. The lowest BCUT2D eigenvalue weighted by molar-refractivity contribution is 0.128. The Morgan fingerprint density at radius 3 is 2.95 bits per heavy atom. The fourth-order valence-electron chi connectivity index (χ4n) is 1.62. The molecule has 0 spiro atoms. The molecule has 0 aliphatic heterocycles. The maximum absolute atomic E-state index is 5.93. The van der Waals surface area contributed by atoms with Gasteiger partial charge in [-0.25, -0.2) is 0 Å². The molecule has 0 saturated carbocycles. The van der Waals surface area contributed by atoms with Gasteiger partial charge in [-0.3, -0.25) is 4.98 Å². The summed E-state index contributed by atoms with van der Waals surface area (Å²) in [6.45, 7) is 3.02. The molecule has 1 heterocycles. The van der Waals surface area contributed by atoms with E-state index in [-0.39, 0.29) is 6.10 Å². The monoisotopic (exact) mass is 307 g/mol. The highest BCUT2D eigenvalue weighted by molar-refractivity contribution is 6.30. The van der Waals surface area contributed by atoms with E-state index in [1.807, 2.05) is 31.2 Å². The molecule has 2 rings (SSSR count). The maximum Gasteiger partial charge on any atom is 0.234 e. The fourth-order valence-corrected chi connectivity index (χ4v) is 1.83. The van der Waals surface area contributed by atoms with Gasteiger partial charge < -0.3 is 14.8 Å². The van der Waals surface area contributed by atoms with Crippen molar-refractivity contribution in [3.63, 3.8) is 0 Å². The molecule has 1 aromatic heterocycles. The van der Waals surface area contributed by atoms with Crippen LogP contribution in [-0.2, 0) is 11.3 Å². The zero-order valence-corrected chi connectivity index (χ0v) is 12.8. The van der Waals surface area contributed by atoms with E-state index in [1.54, 1.807) is 19.5 Å². The van der Waals surface area contributed by atoms with Gasteiger partial charge in [-0.2, -0.15) is 4.98 Å². The maximum atomic E-state index is 5.93. The molecule has 0 bridgehead atoms. The molecule has 1 atom stereocenters. The van der Waals surface area contributed by atoms with Crippen LogP contribution in [0.2, 0.25) is 5.02 Å². The van der Waals surface area contributed by atoms with Crippen molar-refractivity contribution in [3.05, 3.63) is 47.2 Å². The number of benzene rings is 1. The van der Waals surface area contributed by atoms with Crippen LogP contribution in [0.1, 0.15) is 12.5 Å². The first-order chi connectivity index (χ1) is 10.2. The van der Waals surface area contributed by atoms with Crippen LogP contribution in [0, 0.1) is 0 Å². The summed E-state index contributed by atoms with van der Waals surface area (Å²) in [7, 11) is 1.67. The third-order valence-electron chi connectivity index (χ3n) is 2.86. The smallest absolute Gasteiger partial charge is 0.234 e. The Bertz CT molecular complexity index is 580. The van der Waals surface area contributed by atoms with E-state index in [4.69, 9.17) is 21.1 Å². The van der Waals surface area contributed by atoms with Crippen LogP contribution in [0.25, 0.3) is 0 Å². The van der Waals surface area contributed by atoms with E-state index in [0.717, 1.165) is 5.56 Å². The van der Waals surface area contributed by atoms with Gasteiger partial charge in [0, 0.05) is 18.7 Å². The summed E-state index contributed by atoms with van der Waals surface area (Å²) in [6.07, 6.45) is 3.33. The number of nitrogens with one attached hydrogen (secondary N) is 1. The van der Waals surface area contributed by atoms with Gasteiger partial charge >= 0.3 is 0 Å². The van der Waals surface area contributed by atoms with Crippen molar-refractivity contribution in [1.29, 1.82) is 0 Å². The number of halogens is 1. The second kappa shape index (κ2) is 7.81. The summed E-state index contributed by atoms with van der Waals surface area (Å²) >= 11 is 5.93. The average molecular weight is 308 g/mol. The Balaban J connectivity index is 1.91. The molecular weight excluding hydrogens is 290 g/mol. The topological polar surface area (TPSA) is 56.3 Å². The van der Waals surface area contributed by atoms with Gasteiger partial charge in [0.1, 0.15) is 12.4 Å². The van der Waals surface area contributed by atoms with Gasteiger partial charge in [0.15, 0.2) is 0 Å². The first-order valence-corrected chi connectivity index (χ1v) is 7.01. The summed E-state index contributed by atoms with van der Waals surface area (Å²) in [5.41, 5.74) is 0.982. The predicted molar refractivity (Wildman–Crippen MR) is 82.8 cm³/mol. The van der Waals surface area contributed by atoms with Crippen LogP contribution in [-0.4, -0.2) is 29.7 Å². The zero-order valence-electron chi connectivity index (χ0n) is 12.0. The molecule has 0 saturated heterocycles. The number of methoxy groups -OCH3 is 1. The highest BCUT2D eigenvalue weighted by Crippen LogP contribution is 2.14. The molecule has 1 aromatic carbocycles. The van der Waals surface area contributed by atoms with Crippen molar-refractivity contribution < 1.29 is 9.47 Å². The number of nitrogens with zero attached hydrogens (tertiary/aromatic N) is 2. The molecule has 6 heteroatoms. The Labute approximate surface area is 129 Å². The molecular formula is C15H18ClN3O2. The third-order valence-corrected chi connectivity index (χ3v) is 3.10. The van der Waals surface area contributed by atoms with Crippen molar-refractivity contribution in [3.8, 4) is 5.88 Å². The first kappa shape index (κ1) is 15.5. The number of anilines is 1. The van der Waals surface area contributed by atoms with Gasteiger partial charge in [-0.1, -0.05) is 23.7 Å². The Kier molecular flexibility index (Phi) is 5.78. The molecule has 0 amide bonds. The molecule has 1 unspecified atom stereocenters. The predicted octanol–water partition coefficient (Wildman–Crippen LogP) is 3.16. The number of hydrogen-bond donors (Lipinski definition) is 1. The summed E-state index contributed by atoms with van der Waals surface area (Å²) in [5.74, 6) is 1.12. The molecule has 0 fully saturated rings. The van der Waals surface area contributed by atoms with E-state index in [2.05, 4.69) is 15.3 Å². The summed E-state index contributed by atoms with van der Waals surface area (Å²) in [5, 5.41) is 3.83. The van der Waals surface area contributed by atoms with Crippen LogP contribution in [0.5, 0.6) is 5.88 Å². The molecule has 0 aliphatic carbocycles. The highest BCUT2D eigenvalue weighted by Gasteiger charge is 2.03. The van der Waals surface area contributed by atoms with Crippen LogP contribution >= 0.6 is 11.6 Å². The SMILES string of the molecule is COC(C)CNc1cncc(OCc2cccc(Cl)c2)n1. The minimum atomic E-state index is 0.0998.